The average molecular weight is 221 g/mol. The van der Waals surface area contributed by atoms with Crippen molar-refractivity contribution in [2.24, 2.45) is 0 Å². The Morgan fingerprint density at radius 2 is 2.07 bits per heavy atom. The van der Waals surface area contributed by atoms with Crippen molar-refractivity contribution in [1.29, 1.82) is 0 Å². The van der Waals surface area contributed by atoms with E-state index in [4.69, 9.17) is 11.6 Å². The molecule has 0 aliphatic rings. The Morgan fingerprint density at radius 3 is 2.67 bits per heavy atom. The van der Waals surface area contributed by atoms with Crippen LogP contribution in [0.1, 0.15) is 18.3 Å². The van der Waals surface area contributed by atoms with Crippen LogP contribution in [0.15, 0.2) is 24.3 Å². The zero-order valence-corrected chi connectivity index (χ0v) is 9.60. The van der Waals surface area contributed by atoms with Gasteiger partial charge in [0.15, 0.2) is 0 Å². The van der Waals surface area contributed by atoms with E-state index < -0.39 is 0 Å². The van der Waals surface area contributed by atoms with Crippen molar-refractivity contribution in [1.82, 2.24) is 9.97 Å². The van der Waals surface area contributed by atoms with Gasteiger partial charge in [-0.05, 0) is 25.5 Å². The third kappa shape index (κ3) is 1.90. The van der Waals surface area contributed by atoms with Crippen LogP contribution in [0.25, 0.3) is 11.4 Å². The summed E-state index contributed by atoms with van der Waals surface area (Å²) in [6, 6.07) is 7.73. The Hall–Kier alpha value is -1.28. The molecule has 0 aliphatic heterocycles. The van der Waals surface area contributed by atoms with Crippen LogP contribution in [-0.4, -0.2) is 9.97 Å². The Bertz CT molecular complexity index is 474. The van der Waals surface area contributed by atoms with Gasteiger partial charge in [-0.3, -0.25) is 0 Å². The van der Waals surface area contributed by atoms with Gasteiger partial charge in [-0.15, -0.1) is 0 Å². The van der Waals surface area contributed by atoms with Gasteiger partial charge in [0.25, 0.3) is 0 Å². The standard InChI is InChI=1S/C12H13ClN2/c1-3-11-8(2)14-12(15-11)9-6-4-5-7-10(9)13/h4-7H,3H2,1-2H3,(H,14,15). The van der Waals surface area contributed by atoms with E-state index in [9.17, 15) is 0 Å². The number of benzene rings is 1. The lowest BCUT2D eigenvalue weighted by atomic mass is 10.2. The zero-order valence-electron chi connectivity index (χ0n) is 8.84. The maximum atomic E-state index is 6.10. The maximum absolute atomic E-state index is 6.10. The molecule has 0 radical (unpaired) electrons. The summed E-state index contributed by atoms with van der Waals surface area (Å²) in [6.45, 7) is 4.13. The molecule has 0 amide bonds. The number of halogens is 1. The Balaban J connectivity index is 2.50. The first-order chi connectivity index (χ1) is 7.22. The fraction of sp³-hybridized carbons (Fsp3) is 0.250. The van der Waals surface area contributed by atoms with E-state index in [2.05, 4.69) is 16.9 Å². The van der Waals surface area contributed by atoms with Crippen LogP contribution in [0.2, 0.25) is 5.02 Å². The smallest absolute Gasteiger partial charge is 0.139 e. The van der Waals surface area contributed by atoms with Gasteiger partial charge in [0.1, 0.15) is 5.82 Å². The number of hydrogen-bond acceptors (Lipinski definition) is 1. The van der Waals surface area contributed by atoms with Crippen molar-refractivity contribution in [2.45, 2.75) is 20.3 Å². The first-order valence-electron chi connectivity index (χ1n) is 5.02. The topological polar surface area (TPSA) is 28.7 Å². The fourth-order valence-corrected chi connectivity index (χ4v) is 1.85. The summed E-state index contributed by atoms with van der Waals surface area (Å²) in [5.41, 5.74) is 3.18. The minimum absolute atomic E-state index is 0.730. The van der Waals surface area contributed by atoms with Gasteiger partial charge in [0.2, 0.25) is 0 Å². The fourth-order valence-electron chi connectivity index (χ4n) is 1.62. The van der Waals surface area contributed by atoms with Gasteiger partial charge in [0.05, 0.1) is 10.7 Å². The second kappa shape index (κ2) is 4.07. The summed E-state index contributed by atoms with van der Waals surface area (Å²) in [5, 5.41) is 0.730. The number of nitrogens with one attached hydrogen (secondary N) is 1. The molecule has 0 bridgehead atoms. The average Bonchev–Trinajstić information content (AvgIpc) is 2.60. The van der Waals surface area contributed by atoms with Crippen LogP contribution in [0.4, 0.5) is 0 Å². The van der Waals surface area contributed by atoms with E-state index in [1.54, 1.807) is 0 Å². The second-order valence-corrected chi connectivity index (χ2v) is 3.90. The van der Waals surface area contributed by atoms with Crippen molar-refractivity contribution >= 4 is 11.6 Å². The lowest BCUT2D eigenvalue weighted by Gasteiger charge is -1.98. The van der Waals surface area contributed by atoms with Crippen molar-refractivity contribution in [3.8, 4) is 11.4 Å². The van der Waals surface area contributed by atoms with Gasteiger partial charge >= 0.3 is 0 Å². The molecule has 1 N–H and O–H groups in total. The van der Waals surface area contributed by atoms with E-state index in [0.717, 1.165) is 34.2 Å². The van der Waals surface area contributed by atoms with Crippen LogP contribution in [0, 0.1) is 6.92 Å². The highest BCUT2D eigenvalue weighted by Crippen LogP contribution is 2.25. The normalized spacial score (nSPS) is 10.6. The predicted molar refractivity (Wildman–Crippen MR) is 63.1 cm³/mol. The number of hydrogen-bond donors (Lipinski definition) is 1. The van der Waals surface area contributed by atoms with E-state index in [1.807, 2.05) is 31.2 Å². The molecule has 0 spiro atoms. The maximum Gasteiger partial charge on any atom is 0.139 e. The number of nitrogens with zero attached hydrogens (tertiary/aromatic N) is 1. The predicted octanol–water partition coefficient (Wildman–Crippen LogP) is 3.60. The quantitative estimate of drug-likeness (QED) is 0.823. The first kappa shape index (κ1) is 10.2. The number of H-pyrrole nitrogens is 1. The Morgan fingerprint density at radius 1 is 1.33 bits per heavy atom. The number of aromatic nitrogens is 2. The largest absolute Gasteiger partial charge is 0.342 e. The van der Waals surface area contributed by atoms with Crippen LogP contribution >= 0.6 is 11.6 Å². The minimum Gasteiger partial charge on any atom is -0.342 e. The molecule has 1 aromatic heterocycles. The molecular formula is C12H13ClN2. The molecule has 2 rings (SSSR count). The van der Waals surface area contributed by atoms with Crippen LogP contribution < -0.4 is 0 Å². The highest BCUT2D eigenvalue weighted by Gasteiger charge is 2.09. The van der Waals surface area contributed by atoms with Crippen LogP contribution in [0.3, 0.4) is 0 Å². The highest BCUT2D eigenvalue weighted by molar-refractivity contribution is 6.33. The van der Waals surface area contributed by atoms with Gasteiger partial charge in [-0.25, -0.2) is 4.98 Å². The van der Waals surface area contributed by atoms with Crippen molar-refractivity contribution in [3.05, 3.63) is 40.7 Å². The highest BCUT2D eigenvalue weighted by atomic mass is 35.5. The van der Waals surface area contributed by atoms with Gasteiger partial charge < -0.3 is 4.98 Å². The first-order valence-corrected chi connectivity index (χ1v) is 5.40. The molecule has 2 nitrogen and oxygen atoms in total. The van der Waals surface area contributed by atoms with E-state index in [0.29, 0.717) is 0 Å². The molecule has 0 aliphatic carbocycles. The lowest BCUT2D eigenvalue weighted by Crippen LogP contribution is -1.83. The summed E-state index contributed by atoms with van der Waals surface area (Å²) in [7, 11) is 0. The van der Waals surface area contributed by atoms with Crippen molar-refractivity contribution in [3.63, 3.8) is 0 Å². The Kier molecular flexibility index (Phi) is 2.78. The molecule has 1 heterocycles. The number of imidazole rings is 1. The monoisotopic (exact) mass is 220 g/mol. The molecule has 0 atom stereocenters. The molecule has 0 saturated carbocycles. The van der Waals surface area contributed by atoms with Gasteiger partial charge in [-0.1, -0.05) is 30.7 Å². The SMILES string of the molecule is CCc1nc(-c2ccccc2Cl)[nH]c1C. The molecule has 0 fully saturated rings. The summed E-state index contributed by atoms with van der Waals surface area (Å²) in [5.74, 6) is 0.856. The molecule has 0 unspecified atom stereocenters. The van der Waals surface area contributed by atoms with Gasteiger partial charge in [0, 0.05) is 11.3 Å². The molecule has 2 aromatic rings. The van der Waals surface area contributed by atoms with E-state index in [1.165, 1.54) is 0 Å². The molecule has 1 aromatic carbocycles. The zero-order chi connectivity index (χ0) is 10.8. The minimum atomic E-state index is 0.730. The second-order valence-electron chi connectivity index (χ2n) is 3.49. The number of rotatable bonds is 2. The number of aromatic amines is 1. The third-order valence-corrected chi connectivity index (χ3v) is 2.78. The number of aryl methyl sites for hydroxylation is 2. The lowest BCUT2D eigenvalue weighted by molar-refractivity contribution is 1.04. The van der Waals surface area contributed by atoms with Crippen LogP contribution in [-0.2, 0) is 6.42 Å². The summed E-state index contributed by atoms with van der Waals surface area (Å²) in [4.78, 5) is 7.78. The summed E-state index contributed by atoms with van der Waals surface area (Å²) in [6.07, 6.45) is 0.937. The van der Waals surface area contributed by atoms with Gasteiger partial charge in [-0.2, -0.15) is 0 Å². The summed E-state index contributed by atoms with van der Waals surface area (Å²) < 4.78 is 0. The molecular weight excluding hydrogens is 208 g/mol. The molecule has 0 saturated heterocycles. The molecule has 78 valence electrons. The molecule has 15 heavy (non-hydrogen) atoms. The molecule has 3 heteroatoms. The van der Waals surface area contributed by atoms with Crippen molar-refractivity contribution in [2.75, 3.05) is 0 Å². The van der Waals surface area contributed by atoms with E-state index in [-0.39, 0.29) is 0 Å². The van der Waals surface area contributed by atoms with Crippen molar-refractivity contribution < 1.29 is 0 Å². The third-order valence-electron chi connectivity index (χ3n) is 2.45. The van der Waals surface area contributed by atoms with Crippen LogP contribution in [0.5, 0.6) is 0 Å². The van der Waals surface area contributed by atoms with E-state index >= 15 is 0 Å². The summed E-state index contributed by atoms with van der Waals surface area (Å²) >= 11 is 6.10. The Labute approximate surface area is 94.3 Å².